The first-order chi connectivity index (χ1) is 13.1. The van der Waals surface area contributed by atoms with Gasteiger partial charge < -0.3 is 0 Å². The van der Waals surface area contributed by atoms with Crippen LogP contribution in [0.4, 0.5) is 0 Å². The van der Waals surface area contributed by atoms with Crippen LogP contribution >= 0.6 is 11.3 Å². The van der Waals surface area contributed by atoms with Gasteiger partial charge in [0.2, 0.25) is 5.69 Å². The van der Waals surface area contributed by atoms with Crippen LogP contribution < -0.4 is 4.57 Å². The first-order valence-corrected chi connectivity index (χ1v) is 10.6. The van der Waals surface area contributed by atoms with Gasteiger partial charge in [-0.3, -0.25) is 0 Å². The molecule has 27 heavy (non-hydrogen) atoms. The van der Waals surface area contributed by atoms with E-state index in [9.17, 15) is 0 Å². The van der Waals surface area contributed by atoms with E-state index in [1.807, 2.05) is 11.3 Å². The lowest BCUT2D eigenvalue weighted by atomic mass is 9.75. The highest BCUT2D eigenvalue weighted by molar-refractivity contribution is 7.26. The first kappa shape index (κ1) is 16.7. The quantitative estimate of drug-likeness (QED) is 0.339. The molecule has 2 heteroatoms. The second-order valence-corrected chi connectivity index (χ2v) is 8.61. The molecule has 0 bridgehead atoms. The van der Waals surface area contributed by atoms with E-state index in [2.05, 4.69) is 86.6 Å². The monoisotopic (exact) mass is 370 g/mol. The van der Waals surface area contributed by atoms with E-state index in [4.69, 9.17) is 0 Å². The Labute approximate surface area is 164 Å². The van der Waals surface area contributed by atoms with E-state index in [-0.39, 0.29) is 5.54 Å². The Hall–Kier alpha value is -2.45. The van der Waals surface area contributed by atoms with Crippen LogP contribution in [0.25, 0.3) is 37.0 Å². The summed E-state index contributed by atoms with van der Waals surface area (Å²) in [5.74, 6) is 0. The number of rotatable bonds is 2. The van der Waals surface area contributed by atoms with Crippen molar-refractivity contribution in [3.8, 4) is 11.3 Å². The predicted molar refractivity (Wildman–Crippen MR) is 117 cm³/mol. The normalized spacial score (nSPS) is 15.1. The van der Waals surface area contributed by atoms with E-state index >= 15 is 0 Å². The number of nitrogens with zero attached hydrogens (tertiary/aromatic N) is 1. The Morgan fingerprint density at radius 2 is 1.70 bits per heavy atom. The summed E-state index contributed by atoms with van der Waals surface area (Å²) in [6, 6.07) is 17.9. The highest BCUT2D eigenvalue weighted by Gasteiger charge is 2.47. The van der Waals surface area contributed by atoms with Gasteiger partial charge in [-0.05, 0) is 24.1 Å². The van der Waals surface area contributed by atoms with Crippen LogP contribution in [0.2, 0.25) is 0 Å². The fourth-order valence-electron chi connectivity index (χ4n) is 4.94. The fourth-order valence-corrected chi connectivity index (χ4v) is 6.27. The molecule has 0 N–H and O–H groups in total. The summed E-state index contributed by atoms with van der Waals surface area (Å²) < 4.78 is 5.27. The Morgan fingerprint density at radius 1 is 0.926 bits per heavy atom. The van der Waals surface area contributed by atoms with Crippen LogP contribution in [0.5, 0.6) is 0 Å². The first-order valence-electron chi connectivity index (χ1n) is 9.78. The number of benzene rings is 2. The molecule has 0 saturated carbocycles. The summed E-state index contributed by atoms with van der Waals surface area (Å²) in [6.07, 6.45) is 4.34. The molecule has 3 heterocycles. The number of aryl methyl sites for hydroxylation is 1. The Kier molecular flexibility index (Phi) is 3.57. The van der Waals surface area contributed by atoms with E-state index < -0.39 is 0 Å². The molecule has 0 unspecified atom stereocenters. The smallest absolute Gasteiger partial charge is 0.189 e. The third kappa shape index (κ3) is 2.02. The molecule has 0 atom stereocenters. The van der Waals surface area contributed by atoms with Crippen LogP contribution in [-0.2, 0) is 5.54 Å². The number of hydrogen-bond donors (Lipinski definition) is 0. The van der Waals surface area contributed by atoms with Crippen LogP contribution in [0, 0.1) is 6.92 Å². The average molecular weight is 371 g/mol. The van der Waals surface area contributed by atoms with Gasteiger partial charge in [-0.25, -0.2) is 0 Å². The standard InChI is InChI=1S/C25H24NS/c1-5-25(6-2)17(4)18-13-14-20-19-11-9-10-16(3)23(19)27-24(20)22(18)21-12-7-8-15-26(21)25/h7-15H,4-6H2,1-3H3/q+1. The zero-order chi connectivity index (χ0) is 18.8. The molecule has 2 aromatic carbocycles. The minimum Gasteiger partial charge on any atom is -0.189 e. The second-order valence-electron chi connectivity index (χ2n) is 7.59. The van der Waals surface area contributed by atoms with Gasteiger partial charge in [0.05, 0.1) is 10.3 Å². The highest BCUT2D eigenvalue weighted by atomic mass is 32.1. The molecule has 5 rings (SSSR count). The lowest BCUT2D eigenvalue weighted by Gasteiger charge is -2.34. The molecule has 1 aliphatic heterocycles. The number of thiophene rings is 1. The van der Waals surface area contributed by atoms with Crippen molar-refractivity contribution in [2.24, 2.45) is 0 Å². The third-order valence-electron chi connectivity index (χ3n) is 6.50. The van der Waals surface area contributed by atoms with Crippen molar-refractivity contribution in [3.63, 3.8) is 0 Å². The van der Waals surface area contributed by atoms with Crippen LogP contribution in [-0.4, -0.2) is 0 Å². The molecule has 1 aliphatic rings. The van der Waals surface area contributed by atoms with Gasteiger partial charge in [-0.15, -0.1) is 11.3 Å². The lowest BCUT2D eigenvalue weighted by Crippen LogP contribution is -2.59. The van der Waals surface area contributed by atoms with Gasteiger partial charge in [0.25, 0.3) is 0 Å². The molecular weight excluding hydrogens is 346 g/mol. The zero-order valence-electron chi connectivity index (χ0n) is 16.2. The van der Waals surface area contributed by atoms with Crippen molar-refractivity contribution in [3.05, 3.63) is 72.4 Å². The van der Waals surface area contributed by atoms with Crippen LogP contribution in [0.15, 0.2) is 61.3 Å². The summed E-state index contributed by atoms with van der Waals surface area (Å²) in [4.78, 5) is 0. The van der Waals surface area contributed by atoms with E-state index in [1.54, 1.807) is 0 Å². The molecule has 1 nitrogen and oxygen atoms in total. The number of fused-ring (bicyclic) bond motifs is 7. The number of pyridine rings is 1. The largest absolute Gasteiger partial charge is 0.215 e. The Bertz CT molecular complexity index is 1220. The minimum absolute atomic E-state index is 0.0378. The SMILES string of the molecule is C=C1c2ccc3c(sc4c(C)cccc43)c2-c2cccc[n+]2C1(CC)CC. The Balaban J connectivity index is 1.96. The molecule has 2 aromatic heterocycles. The molecule has 4 aromatic rings. The number of allylic oxidation sites excluding steroid dienone is 1. The number of aromatic nitrogens is 1. The topological polar surface area (TPSA) is 3.88 Å². The minimum atomic E-state index is -0.0378. The van der Waals surface area contributed by atoms with Crippen molar-refractivity contribution in [2.75, 3.05) is 0 Å². The second kappa shape index (κ2) is 5.77. The van der Waals surface area contributed by atoms with Gasteiger partial charge in [-0.1, -0.05) is 50.8 Å². The van der Waals surface area contributed by atoms with Crippen molar-refractivity contribution in [1.82, 2.24) is 0 Å². The fraction of sp³-hybridized carbons (Fsp3) is 0.240. The maximum absolute atomic E-state index is 4.61. The van der Waals surface area contributed by atoms with E-state index in [0.29, 0.717) is 0 Å². The van der Waals surface area contributed by atoms with Gasteiger partial charge in [0, 0.05) is 46.0 Å². The lowest BCUT2D eigenvalue weighted by molar-refractivity contribution is -0.741. The van der Waals surface area contributed by atoms with Crippen molar-refractivity contribution in [1.29, 1.82) is 0 Å². The van der Waals surface area contributed by atoms with E-state index in [1.165, 1.54) is 48.1 Å². The molecule has 0 radical (unpaired) electrons. The third-order valence-corrected chi connectivity index (χ3v) is 7.87. The van der Waals surface area contributed by atoms with Gasteiger partial charge in [0.15, 0.2) is 11.7 Å². The molecule has 0 aliphatic carbocycles. The maximum Gasteiger partial charge on any atom is 0.215 e. The van der Waals surface area contributed by atoms with Crippen LogP contribution in [0.3, 0.4) is 0 Å². The Morgan fingerprint density at radius 3 is 2.48 bits per heavy atom. The summed E-state index contributed by atoms with van der Waals surface area (Å²) in [7, 11) is 0. The molecule has 0 fully saturated rings. The van der Waals surface area contributed by atoms with Gasteiger partial charge >= 0.3 is 0 Å². The van der Waals surface area contributed by atoms with Crippen molar-refractivity contribution < 1.29 is 4.57 Å². The summed E-state index contributed by atoms with van der Waals surface area (Å²) in [5, 5.41) is 2.73. The number of hydrogen-bond acceptors (Lipinski definition) is 1. The molecule has 0 spiro atoms. The zero-order valence-corrected chi connectivity index (χ0v) is 17.0. The maximum atomic E-state index is 4.61. The molecule has 0 saturated heterocycles. The summed E-state index contributed by atoms with van der Waals surface area (Å²) >= 11 is 1.93. The van der Waals surface area contributed by atoms with Crippen molar-refractivity contribution in [2.45, 2.75) is 39.2 Å². The van der Waals surface area contributed by atoms with Gasteiger partial charge in [-0.2, -0.15) is 4.57 Å². The summed E-state index contributed by atoms with van der Waals surface area (Å²) in [5.41, 5.74) is 6.57. The average Bonchev–Trinajstić information content (AvgIpc) is 3.09. The summed E-state index contributed by atoms with van der Waals surface area (Å²) in [6.45, 7) is 11.4. The van der Waals surface area contributed by atoms with Crippen LogP contribution in [0.1, 0.15) is 37.8 Å². The van der Waals surface area contributed by atoms with Gasteiger partial charge in [0.1, 0.15) is 0 Å². The van der Waals surface area contributed by atoms with E-state index in [0.717, 1.165) is 12.8 Å². The predicted octanol–water partition coefficient (Wildman–Crippen LogP) is 6.86. The van der Waals surface area contributed by atoms with Crippen molar-refractivity contribution >= 4 is 37.1 Å². The molecule has 0 amide bonds. The molecule has 134 valence electrons. The highest BCUT2D eigenvalue weighted by Crippen LogP contribution is 2.49. The molecular formula is C25H24NS+.